The van der Waals surface area contributed by atoms with Gasteiger partial charge in [0.1, 0.15) is 0 Å². The highest BCUT2D eigenvalue weighted by Gasteiger charge is 2.20. The van der Waals surface area contributed by atoms with Crippen molar-refractivity contribution in [2.75, 3.05) is 13.1 Å². The fourth-order valence-corrected chi connectivity index (χ4v) is 1.11. The van der Waals surface area contributed by atoms with Gasteiger partial charge in [0.05, 0.1) is 19.2 Å². The number of aliphatic hydroxyl groups excluding tert-OH is 1. The van der Waals surface area contributed by atoms with Gasteiger partial charge in [0.2, 0.25) is 0 Å². The Morgan fingerprint density at radius 1 is 1.62 bits per heavy atom. The lowest BCUT2D eigenvalue weighted by atomic mass is 9.99. The average molecular weight is 116 g/mol. The Morgan fingerprint density at radius 2 is 2.38 bits per heavy atom. The maximum absolute atomic E-state index is 9.16. The second-order valence-corrected chi connectivity index (χ2v) is 2.65. The molecule has 2 nitrogen and oxygen atoms in total. The van der Waals surface area contributed by atoms with Crippen LogP contribution in [-0.2, 0) is 0 Å². The van der Waals surface area contributed by atoms with Gasteiger partial charge in [0.25, 0.3) is 0 Å². The van der Waals surface area contributed by atoms with E-state index in [2.05, 4.69) is 12.2 Å². The molecular formula is C6H14NO+. The van der Waals surface area contributed by atoms with Crippen LogP contribution in [0.2, 0.25) is 0 Å². The van der Waals surface area contributed by atoms with Crippen molar-refractivity contribution < 1.29 is 10.4 Å². The second-order valence-electron chi connectivity index (χ2n) is 2.65. The largest absolute Gasteiger partial charge is 0.392 e. The monoisotopic (exact) mass is 116 g/mol. The lowest BCUT2D eigenvalue weighted by molar-refractivity contribution is -0.671. The fourth-order valence-electron chi connectivity index (χ4n) is 1.11. The van der Waals surface area contributed by atoms with Gasteiger partial charge in [0.15, 0.2) is 0 Å². The first-order chi connectivity index (χ1) is 3.80. The minimum Gasteiger partial charge on any atom is -0.392 e. The van der Waals surface area contributed by atoms with Crippen molar-refractivity contribution in [2.24, 2.45) is 5.92 Å². The lowest BCUT2D eigenvalue weighted by Gasteiger charge is -2.21. The van der Waals surface area contributed by atoms with Gasteiger partial charge in [-0.05, 0) is 0 Å². The third-order valence-electron chi connectivity index (χ3n) is 1.86. The number of hydrogen-bond donors (Lipinski definition) is 2. The van der Waals surface area contributed by atoms with Crippen LogP contribution in [0, 0.1) is 5.92 Å². The Bertz CT molecular complexity index is 64.9. The molecule has 1 heterocycles. The molecule has 0 radical (unpaired) electrons. The fraction of sp³-hybridized carbons (Fsp3) is 1.00. The van der Waals surface area contributed by atoms with E-state index in [1.54, 1.807) is 0 Å². The van der Waals surface area contributed by atoms with Gasteiger partial charge in [-0.1, -0.05) is 6.92 Å². The van der Waals surface area contributed by atoms with E-state index in [1.165, 1.54) is 0 Å². The van der Waals surface area contributed by atoms with E-state index in [4.69, 9.17) is 5.11 Å². The molecule has 1 saturated heterocycles. The van der Waals surface area contributed by atoms with E-state index < -0.39 is 0 Å². The third-order valence-corrected chi connectivity index (χ3v) is 1.86. The van der Waals surface area contributed by atoms with Crippen LogP contribution in [0.5, 0.6) is 0 Å². The minimum atomic E-state index is -0.0278. The number of nitrogens with two attached hydrogens (primary N) is 1. The van der Waals surface area contributed by atoms with Crippen molar-refractivity contribution >= 4 is 0 Å². The number of rotatable bonds is 0. The average Bonchev–Trinajstić information content (AvgIpc) is 1.77. The van der Waals surface area contributed by atoms with Gasteiger partial charge in [0, 0.05) is 12.3 Å². The molecule has 48 valence electrons. The van der Waals surface area contributed by atoms with Crippen molar-refractivity contribution in [3.8, 4) is 0 Å². The van der Waals surface area contributed by atoms with E-state index in [0.29, 0.717) is 5.92 Å². The van der Waals surface area contributed by atoms with Gasteiger partial charge < -0.3 is 10.4 Å². The Kier molecular flexibility index (Phi) is 1.86. The first-order valence-electron chi connectivity index (χ1n) is 3.30. The highest BCUT2D eigenvalue weighted by Crippen LogP contribution is 2.04. The zero-order valence-corrected chi connectivity index (χ0v) is 5.30. The molecule has 1 rings (SSSR count). The Balaban J connectivity index is 2.28. The van der Waals surface area contributed by atoms with E-state index in [0.717, 1.165) is 19.5 Å². The summed E-state index contributed by atoms with van der Waals surface area (Å²) in [5.74, 6) is 0.503. The van der Waals surface area contributed by atoms with E-state index in [9.17, 15) is 0 Å². The quantitative estimate of drug-likeness (QED) is 0.416. The second kappa shape index (κ2) is 2.46. The summed E-state index contributed by atoms with van der Waals surface area (Å²) in [7, 11) is 0. The van der Waals surface area contributed by atoms with Crippen LogP contribution in [0.1, 0.15) is 13.3 Å². The minimum absolute atomic E-state index is 0.0278. The van der Waals surface area contributed by atoms with Crippen LogP contribution in [0.25, 0.3) is 0 Å². The zero-order valence-electron chi connectivity index (χ0n) is 5.30. The molecule has 0 aromatic heterocycles. The van der Waals surface area contributed by atoms with Crippen molar-refractivity contribution in [2.45, 2.75) is 19.4 Å². The summed E-state index contributed by atoms with van der Waals surface area (Å²) >= 11 is 0. The van der Waals surface area contributed by atoms with E-state index >= 15 is 0 Å². The number of quaternary nitrogens is 1. The molecule has 0 saturated carbocycles. The standard InChI is InChI=1S/C6H13NO/c1-5-4-7-3-2-6(5)8/h5-8H,2-4H2,1H3/p+1/t5-,6-/m0/s1. The van der Waals surface area contributed by atoms with Gasteiger partial charge in [-0.3, -0.25) is 0 Å². The summed E-state index contributed by atoms with van der Waals surface area (Å²) in [5, 5.41) is 11.4. The van der Waals surface area contributed by atoms with Crippen LogP contribution in [-0.4, -0.2) is 24.3 Å². The summed E-state index contributed by atoms with van der Waals surface area (Å²) in [6, 6.07) is 0. The molecule has 0 unspecified atom stereocenters. The Morgan fingerprint density at radius 3 is 2.75 bits per heavy atom. The molecule has 1 aliphatic heterocycles. The molecule has 0 spiro atoms. The first kappa shape index (κ1) is 6.05. The van der Waals surface area contributed by atoms with Crippen molar-refractivity contribution in [3.05, 3.63) is 0 Å². The maximum Gasteiger partial charge on any atom is 0.0806 e. The van der Waals surface area contributed by atoms with Crippen LogP contribution >= 0.6 is 0 Å². The molecule has 1 fully saturated rings. The van der Waals surface area contributed by atoms with E-state index in [1.807, 2.05) is 0 Å². The first-order valence-corrected chi connectivity index (χ1v) is 3.30. The summed E-state index contributed by atoms with van der Waals surface area (Å²) in [5.41, 5.74) is 0. The van der Waals surface area contributed by atoms with Crippen LogP contribution < -0.4 is 5.32 Å². The summed E-state index contributed by atoms with van der Waals surface area (Å²) in [6.07, 6.45) is 0.946. The third kappa shape index (κ3) is 1.20. The predicted octanol–water partition coefficient (Wildman–Crippen LogP) is -1.05. The van der Waals surface area contributed by atoms with Gasteiger partial charge in [-0.25, -0.2) is 0 Å². The summed E-state index contributed by atoms with van der Waals surface area (Å²) < 4.78 is 0. The Hall–Kier alpha value is -0.0800. The number of piperidine rings is 1. The van der Waals surface area contributed by atoms with Crippen LogP contribution in [0.3, 0.4) is 0 Å². The predicted molar refractivity (Wildman–Crippen MR) is 31.4 cm³/mol. The van der Waals surface area contributed by atoms with E-state index in [-0.39, 0.29) is 6.10 Å². The molecule has 1 aliphatic rings. The zero-order chi connectivity index (χ0) is 5.98. The molecule has 0 amide bonds. The topological polar surface area (TPSA) is 36.8 Å². The summed E-state index contributed by atoms with van der Waals surface area (Å²) in [4.78, 5) is 0. The number of hydrogen-bond acceptors (Lipinski definition) is 1. The lowest BCUT2D eigenvalue weighted by Crippen LogP contribution is -2.88. The highest BCUT2D eigenvalue weighted by atomic mass is 16.3. The molecule has 0 aromatic rings. The molecule has 0 aromatic carbocycles. The maximum atomic E-state index is 9.16. The van der Waals surface area contributed by atoms with Crippen molar-refractivity contribution in [3.63, 3.8) is 0 Å². The van der Waals surface area contributed by atoms with Crippen LogP contribution in [0.15, 0.2) is 0 Å². The van der Waals surface area contributed by atoms with Gasteiger partial charge in [-0.2, -0.15) is 0 Å². The van der Waals surface area contributed by atoms with Crippen LogP contribution in [0.4, 0.5) is 0 Å². The molecule has 2 atom stereocenters. The SMILES string of the molecule is C[C@H]1C[NH2+]CC[C@@H]1O. The Labute approximate surface area is 49.9 Å². The summed E-state index contributed by atoms with van der Waals surface area (Å²) in [6.45, 7) is 4.30. The van der Waals surface area contributed by atoms with Crippen molar-refractivity contribution in [1.82, 2.24) is 0 Å². The van der Waals surface area contributed by atoms with Gasteiger partial charge >= 0.3 is 0 Å². The molecule has 3 N–H and O–H groups in total. The van der Waals surface area contributed by atoms with Crippen molar-refractivity contribution in [1.29, 1.82) is 0 Å². The van der Waals surface area contributed by atoms with Gasteiger partial charge in [-0.15, -0.1) is 0 Å². The molecule has 0 bridgehead atoms. The highest BCUT2D eigenvalue weighted by molar-refractivity contribution is 4.64. The molecule has 0 aliphatic carbocycles. The number of aliphatic hydroxyl groups is 1. The normalized spacial score (nSPS) is 39.8. The smallest absolute Gasteiger partial charge is 0.0806 e. The molecule has 2 heteroatoms. The molecular weight excluding hydrogens is 102 g/mol. The molecule has 8 heavy (non-hydrogen) atoms.